The zero-order chi connectivity index (χ0) is 20.1. The number of ether oxygens (including phenoxy) is 1. The number of anilines is 1. The lowest BCUT2D eigenvalue weighted by molar-refractivity contribution is -0.117. The number of hydrogen-bond acceptors (Lipinski definition) is 5. The molecule has 0 spiro atoms. The molecule has 2 aromatic rings. The van der Waals surface area contributed by atoms with Gasteiger partial charge in [-0.3, -0.25) is 14.4 Å². The standard InChI is InChI=1S/C21H28N4O3/c1-15-12-16(2)25(23-15)13-17-8-10-24(11-9-17)14-20(26)22-19-6-4-18(5-7-19)21(27)28-3/h4-7,12,17H,8-11,13-14H2,1-3H3,(H,22,26). The van der Waals surface area contributed by atoms with Gasteiger partial charge in [-0.25, -0.2) is 4.79 Å². The summed E-state index contributed by atoms with van der Waals surface area (Å²) in [6.45, 7) is 7.28. The van der Waals surface area contributed by atoms with E-state index >= 15 is 0 Å². The quantitative estimate of drug-likeness (QED) is 0.775. The van der Waals surface area contributed by atoms with Crippen LogP contribution in [0.4, 0.5) is 5.69 Å². The van der Waals surface area contributed by atoms with E-state index in [4.69, 9.17) is 0 Å². The third-order valence-electron chi connectivity index (χ3n) is 5.20. The first-order valence-electron chi connectivity index (χ1n) is 9.66. The van der Waals surface area contributed by atoms with Crippen molar-refractivity contribution in [1.82, 2.24) is 14.7 Å². The van der Waals surface area contributed by atoms with Gasteiger partial charge in [-0.05, 0) is 76.0 Å². The van der Waals surface area contributed by atoms with Crippen molar-refractivity contribution in [1.29, 1.82) is 0 Å². The molecule has 1 aliphatic rings. The average molecular weight is 384 g/mol. The number of piperidine rings is 1. The Hall–Kier alpha value is -2.67. The highest BCUT2D eigenvalue weighted by Gasteiger charge is 2.22. The van der Waals surface area contributed by atoms with Crippen molar-refractivity contribution in [2.45, 2.75) is 33.2 Å². The molecule has 0 radical (unpaired) electrons. The highest BCUT2D eigenvalue weighted by atomic mass is 16.5. The van der Waals surface area contributed by atoms with Gasteiger partial charge >= 0.3 is 5.97 Å². The number of rotatable bonds is 6. The van der Waals surface area contributed by atoms with Gasteiger partial charge in [-0.15, -0.1) is 0 Å². The molecule has 1 amide bonds. The number of aromatic nitrogens is 2. The minimum absolute atomic E-state index is 0.0391. The zero-order valence-corrected chi connectivity index (χ0v) is 16.8. The molecule has 150 valence electrons. The topological polar surface area (TPSA) is 76.5 Å². The fourth-order valence-electron chi connectivity index (χ4n) is 3.64. The Morgan fingerprint density at radius 3 is 2.43 bits per heavy atom. The van der Waals surface area contributed by atoms with E-state index in [0.29, 0.717) is 23.7 Å². The second-order valence-electron chi connectivity index (χ2n) is 7.45. The summed E-state index contributed by atoms with van der Waals surface area (Å²) in [4.78, 5) is 26.0. The number of nitrogens with zero attached hydrogens (tertiary/aromatic N) is 3. The van der Waals surface area contributed by atoms with Crippen LogP contribution in [0.2, 0.25) is 0 Å². The van der Waals surface area contributed by atoms with Crippen molar-refractivity contribution in [3.63, 3.8) is 0 Å². The number of methoxy groups -OCH3 is 1. The molecule has 1 N–H and O–H groups in total. The van der Waals surface area contributed by atoms with Crippen molar-refractivity contribution in [2.24, 2.45) is 5.92 Å². The Kier molecular flexibility index (Phi) is 6.46. The van der Waals surface area contributed by atoms with Crippen LogP contribution >= 0.6 is 0 Å². The van der Waals surface area contributed by atoms with Gasteiger partial charge < -0.3 is 10.1 Å². The van der Waals surface area contributed by atoms with Crippen molar-refractivity contribution in [2.75, 3.05) is 32.1 Å². The molecule has 1 fully saturated rings. The van der Waals surface area contributed by atoms with Crippen molar-refractivity contribution in [3.8, 4) is 0 Å². The van der Waals surface area contributed by atoms with Gasteiger partial charge in [0.2, 0.25) is 5.91 Å². The van der Waals surface area contributed by atoms with Crippen molar-refractivity contribution in [3.05, 3.63) is 47.3 Å². The SMILES string of the molecule is COC(=O)c1ccc(NC(=O)CN2CCC(Cn3nc(C)cc3C)CC2)cc1. The van der Waals surface area contributed by atoms with Gasteiger partial charge in [-0.1, -0.05) is 0 Å². The number of likely N-dealkylation sites (tertiary alicyclic amines) is 1. The van der Waals surface area contributed by atoms with E-state index in [-0.39, 0.29) is 11.9 Å². The van der Waals surface area contributed by atoms with Crippen LogP contribution in [0.5, 0.6) is 0 Å². The molecule has 1 aromatic heterocycles. The summed E-state index contributed by atoms with van der Waals surface area (Å²) in [5, 5.41) is 7.44. The molecule has 28 heavy (non-hydrogen) atoms. The number of carbonyl (C=O) groups excluding carboxylic acids is 2. The minimum atomic E-state index is -0.388. The van der Waals surface area contributed by atoms with Gasteiger partial charge in [0.05, 0.1) is 24.9 Å². The largest absolute Gasteiger partial charge is 0.465 e. The molecule has 1 aromatic carbocycles. The van der Waals surface area contributed by atoms with Crippen LogP contribution in [0.1, 0.15) is 34.6 Å². The predicted octanol–water partition coefficient (Wildman–Crippen LogP) is 2.64. The lowest BCUT2D eigenvalue weighted by atomic mass is 9.97. The van der Waals surface area contributed by atoms with Crippen molar-refractivity contribution >= 4 is 17.6 Å². The van der Waals surface area contributed by atoms with Crippen LogP contribution in [0, 0.1) is 19.8 Å². The molecule has 0 bridgehead atoms. The molecular weight excluding hydrogens is 356 g/mol. The van der Waals surface area contributed by atoms with Gasteiger partial charge in [0.15, 0.2) is 0 Å². The van der Waals surface area contributed by atoms with Crippen LogP contribution in [-0.2, 0) is 16.1 Å². The molecule has 2 heterocycles. The molecule has 1 aliphatic heterocycles. The lowest BCUT2D eigenvalue weighted by Crippen LogP contribution is -2.40. The zero-order valence-electron chi connectivity index (χ0n) is 16.8. The molecule has 7 heteroatoms. The maximum absolute atomic E-state index is 12.3. The fourth-order valence-corrected chi connectivity index (χ4v) is 3.64. The highest BCUT2D eigenvalue weighted by Crippen LogP contribution is 2.20. The summed E-state index contributed by atoms with van der Waals surface area (Å²) in [6.07, 6.45) is 2.14. The summed E-state index contributed by atoms with van der Waals surface area (Å²) < 4.78 is 6.77. The van der Waals surface area contributed by atoms with Crippen LogP contribution in [0.3, 0.4) is 0 Å². The Bertz CT molecular complexity index is 821. The van der Waals surface area contributed by atoms with E-state index in [0.717, 1.165) is 38.2 Å². The van der Waals surface area contributed by atoms with Gasteiger partial charge in [-0.2, -0.15) is 5.10 Å². The smallest absolute Gasteiger partial charge is 0.337 e. The number of benzene rings is 1. The first-order chi connectivity index (χ1) is 13.4. The van der Waals surface area contributed by atoms with Crippen LogP contribution < -0.4 is 5.32 Å². The number of esters is 1. The van der Waals surface area contributed by atoms with Crippen LogP contribution in [0.25, 0.3) is 0 Å². The predicted molar refractivity (Wildman–Crippen MR) is 107 cm³/mol. The second kappa shape index (κ2) is 9.01. The molecule has 3 rings (SSSR count). The minimum Gasteiger partial charge on any atom is -0.465 e. The Labute approximate surface area is 165 Å². The van der Waals surface area contributed by atoms with E-state index in [2.05, 4.69) is 37.7 Å². The molecule has 0 atom stereocenters. The van der Waals surface area contributed by atoms with E-state index in [9.17, 15) is 9.59 Å². The Morgan fingerprint density at radius 2 is 1.86 bits per heavy atom. The highest BCUT2D eigenvalue weighted by molar-refractivity contribution is 5.93. The molecule has 1 saturated heterocycles. The molecular formula is C21H28N4O3. The number of nitrogens with one attached hydrogen (secondary N) is 1. The lowest BCUT2D eigenvalue weighted by Gasteiger charge is -2.31. The molecule has 0 saturated carbocycles. The van der Waals surface area contributed by atoms with Gasteiger partial charge in [0.25, 0.3) is 0 Å². The van der Waals surface area contributed by atoms with E-state index in [1.807, 2.05) is 6.92 Å². The Morgan fingerprint density at radius 1 is 1.18 bits per heavy atom. The number of amides is 1. The molecule has 0 aliphatic carbocycles. The second-order valence-corrected chi connectivity index (χ2v) is 7.45. The van der Waals surface area contributed by atoms with Crippen LogP contribution in [0.15, 0.2) is 30.3 Å². The first kappa shape index (κ1) is 20.1. The third-order valence-corrected chi connectivity index (χ3v) is 5.20. The number of hydrogen-bond donors (Lipinski definition) is 1. The van der Waals surface area contributed by atoms with Gasteiger partial charge in [0.1, 0.15) is 0 Å². The van der Waals surface area contributed by atoms with E-state index in [1.54, 1.807) is 24.3 Å². The van der Waals surface area contributed by atoms with E-state index < -0.39 is 0 Å². The summed E-state index contributed by atoms with van der Waals surface area (Å²) in [5.41, 5.74) is 3.41. The fraction of sp³-hybridized carbons (Fsp3) is 0.476. The monoisotopic (exact) mass is 384 g/mol. The Balaban J connectivity index is 1.43. The summed E-state index contributed by atoms with van der Waals surface area (Å²) >= 11 is 0. The summed E-state index contributed by atoms with van der Waals surface area (Å²) in [7, 11) is 1.35. The number of carbonyl (C=O) groups is 2. The summed E-state index contributed by atoms with van der Waals surface area (Å²) in [6, 6.07) is 8.82. The van der Waals surface area contributed by atoms with E-state index in [1.165, 1.54) is 12.8 Å². The third kappa shape index (κ3) is 5.19. The molecule has 0 unspecified atom stereocenters. The summed E-state index contributed by atoms with van der Waals surface area (Å²) in [5.74, 6) is 0.173. The molecule has 7 nitrogen and oxygen atoms in total. The maximum Gasteiger partial charge on any atom is 0.337 e. The number of aryl methyl sites for hydroxylation is 2. The normalized spacial score (nSPS) is 15.4. The van der Waals surface area contributed by atoms with Crippen molar-refractivity contribution < 1.29 is 14.3 Å². The van der Waals surface area contributed by atoms with Gasteiger partial charge in [0, 0.05) is 17.9 Å². The first-order valence-corrected chi connectivity index (χ1v) is 9.66. The van der Waals surface area contributed by atoms with Crippen LogP contribution in [-0.4, -0.2) is 53.3 Å². The maximum atomic E-state index is 12.3. The average Bonchev–Trinajstić information content (AvgIpc) is 3.00.